The number of aromatic nitrogens is 2. The highest BCUT2D eigenvalue weighted by atomic mass is 16.5. The quantitative estimate of drug-likeness (QED) is 0.847. The summed E-state index contributed by atoms with van der Waals surface area (Å²) in [6, 6.07) is 2.14. The number of ether oxygens (including phenoxy) is 1. The van der Waals surface area contributed by atoms with Crippen molar-refractivity contribution in [1.29, 1.82) is 0 Å². The number of hydrogen-bond acceptors (Lipinski definition) is 4. The number of morpholine rings is 1. The molecule has 20 heavy (non-hydrogen) atoms. The van der Waals surface area contributed by atoms with Gasteiger partial charge in [0.2, 0.25) is 0 Å². The molecule has 1 saturated heterocycles. The van der Waals surface area contributed by atoms with Gasteiger partial charge >= 0.3 is 5.97 Å². The molecule has 1 fully saturated rings. The summed E-state index contributed by atoms with van der Waals surface area (Å²) in [7, 11) is 0. The number of hydrogen-bond donors (Lipinski definition) is 1. The maximum Gasteiger partial charge on any atom is 0.306 e. The summed E-state index contributed by atoms with van der Waals surface area (Å²) in [4.78, 5) is 13.0. The third kappa shape index (κ3) is 3.80. The minimum atomic E-state index is -0.802. The van der Waals surface area contributed by atoms with Gasteiger partial charge in [0.25, 0.3) is 0 Å². The average Bonchev–Trinajstić information content (AvgIpc) is 2.80. The van der Waals surface area contributed by atoms with Crippen LogP contribution in [-0.4, -0.2) is 51.6 Å². The van der Waals surface area contributed by atoms with E-state index in [9.17, 15) is 4.79 Å². The van der Waals surface area contributed by atoms with Crippen LogP contribution in [0.2, 0.25) is 0 Å². The molecule has 1 aliphatic heterocycles. The van der Waals surface area contributed by atoms with Crippen LogP contribution in [0, 0.1) is 0 Å². The van der Waals surface area contributed by atoms with Crippen molar-refractivity contribution in [2.24, 2.45) is 0 Å². The zero-order valence-electron chi connectivity index (χ0n) is 12.2. The number of carbonyl (C=O) groups is 1. The van der Waals surface area contributed by atoms with Gasteiger partial charge in [-0.1, -0.05) is 6.92 Å². The number of aryl methyl sites for hydroxylation is 2. The van der Waals surface area contributed by atoms with Crippen molar-refractivity contribution in [1.82, 2.24) is 14.7 Å². The molecule has 112 valence electrons. The van der Waals surface area contributed by atoms with Crippen molar-refractivity contribution >= 4 is 5.97 Å². The Kier molecular flexibility index (Phi) is 5.14. The van der Waals surface area contributed by atoms with Gasteiger partial charge in [-0.25, -0.2) is 0 Å². The van der Waals surface area contributed by atoms with Crippen LogP contribution in [0.4, 0.5) is 0 Å². The lowest BCUT2D eigenvalue weighted by Crippen LogP contribution is -2.43. The maximum absolute atomic E-state index is 10.8. The third-order valence-corrected chi connectivity index (χ3v) is 3.59. The van der Waals surface area contributed by atoms with E-state index < -0.39 is 5.97 Å². The second-order valence-corrected chi connectivity index (χ2v) is 5.12. The summed E-state index contributed by atoms with van der Waals surface area (Å²) < 4.78 is 7.52. The smallest absolute Gasteiger partial charge is 0.306 e. The van der Waals surface area contributed by atoms with E-state index in [0.29, 0.717) is 13.2 Å². The van der Waals surface area contributed by atoms with E-state index in [2.05, 4.69) is 29.9 Å². The van der Waals surface area contributed by atoms with Crippen LogP contribution >= 0.6 is 0 Å². The van der Waals surface area contributed by atoms with Crippen LogP contribution in [0.3, 0.4) is 0 Å². The molecule has 0 amide bonds. The highest BCUT2D eigenvalue weighted by Gasteiger charge is 2.23. The van der Waals surface area contributed by atoms with Gasteiger partial charge in [-0.15, -0.1) is 0 Å². The molecule has 1 aromatic rings. The van der Waals surface area contributed by atoms with Gasteiger partial charge < -0.3 is 9.84 Å². The zero-order chi connectivity index (χ0) is 14.5. The first-order valence-corrected chi connectivity index (χ1v) is 7.23. The molecule has 0 bridgehead atoms. The fraction of sp³-hybridized carbons (Fsp3) is 0.714. The van der Waals surface area contributed by atoms with E-state index in [1.54, 1.807) is 0 Å². The first kappa shape index (κ1) is 15.0. The highest BCUT2D eigenvalue weighted by molar-refractivity contribution is 5.67. The van der Waals surface area contributed by atoms with Gasteiger partial charge in [0.05, 0.1) is 30.5 Å². The Morgan fingerprint density at radius 1 is 1.55 bits per heavy atom. The molecule has 0 spiro atoms. The Balaban J connectivity index is 1.98. The van der Waals surface area contributed by atoms with Crippen molar-refractivity contribution < 1.29 is 14.6 Å². The number of nitrogens with zero attached hydrogens (tertiary/aromatic N) is 3. The minimum absolute atomic E-state index is 0.0732. The van der Waals surface area contributed by atoms with E-state index in [1.807, 2.05) is 4.68 Å². The molecule has 1 unspecified atom stereocenters. The van der Waals surface area contributed by atoms with E-state index in [1.165, 1.54) is 5.69 Å². The number of rotatable bonds is 6. The number of carboxylic acid groups (broad SMARTS) is 1. The summed E-state index contributed by atoms with van der Waals surface area (Å²) >= 11 is 0. The van der Waals surface area contributed by atoms with Crippen molar-refractivity contribution in [3.05, 3.63) is 17.5 Å². The van der Waals surface area contributed by atoms with E-state index in [-0.39, 0.29) is 12.5 Å². The van der Waals surface area contributed by atoms with Gasteiger partial charge in [-0.05, 0) is 19.4 Å². The lowest BCUT2D eigenvalue weighted by Gasteiger charge is -2.32. The van der Waals surface area contributed by atoms with Gasteiger partial charge in [0.15, 0.2) is 0 Å². The second-order valence-electron chi connectivity index (χ2n) is 5.12. The van der Waals surface area contributed by atoms with Gasteiger partial charge in [-0.2, -0.15) is 5.10 Å². The molecule has 1 atom stereocenters. The molecule has 1 N–H and O–H groups in total. The molecule has 0 saturated carbocycles. The lowest BCUT2D eigenvalue weighted by molar-refractivity contribution is -0.142. The molecule has 1 aliphatic rings. The Morgan fingerprint density at radius 3 is 3.00 bits per heavy atom. The zero-order valence-corrected chi connectivity index (χ0v) is 12.2. The fourth-order valence-electron chi connectivity index (χ4n) is 2.56. The highest BCUT2D eigenvalue weighted by Crippen LogP contribution is 2.14. The minimum Gasteiger partial charge on any atom is -0.481 e. The fourth-order valence-corrected chi connectivity index (χ4v) is 2.56. The van der Waals surface area contributed by atoms with Crippen LogP contribution in [0.5, 0.6) is 0 Å². The Morgan fingerprint density at radius 2 is 2.35 bits per heavy atom. The predicted octanol–water partition coefficient (Wildman–Crippen LogP) is 1.14. The molecule has 0 aliphatic carbocycles. The van der Waals surface area contributed by atoms with Crippen molar-refractivity contribution in [3.8, 4) is 0 Å². The monoisotopic (exact) mass is 281 g/mol. The SMILES string of the molecule is CCc1cc(CN2CCOC(CC(=O)O)C2)n(CC)n1. The summed E-state index contributed by atoms with van der Waals surface area (Å²) in [5.41, 5.74) is 2.30. The Labute approximate surface area is 119 Å². The molecule has 2 heterocycles. The van der Waals surface area contributed by atoms with Crippen LogP contribution in [0.25, 0.3) is 0 Å². The first-order valence-electron chi connectivity index (χ1n) is 7.23. The Bertz CT molecular complexity index is 459. The molecule has 6 nitrogen and oxygen atoms in total. The molecule has 2 rings (SSSR count). The lowest BCUT2D eigenvalue weighted by atomic mass is 10.2. The van der Waals surface area contributed by atoms with Crippen molar-refractivity contribution in [2.45, 2.75) is 45.9 Å². The molecular formula is C14H23N3O3. The molecule has 1 aromatic heterocycles. The summed E-state index contributed by atoms with van der Waals surface area (Å²) in [6.07, 6.45) is 0.805. The van der Waals surface area contributed by atoms with Gasteiger partial charge in [-0.3, -0.25) is 14.4 Å². The summed E-state index contributed by atoms with van der Waals surface area (Å²) in [6.45, 7) is 7.96. The Hall–Kier alpha value is -1.40. The van der Waals surface area contributed by atoms with Crippen LogP contribution in [0.1, 0.15) is 31.7 Å². The van der Waals surface area contributed by atoms with Crippen molar-refractivity contribution in [3.63, 3.8) is 0 Å². The standard InChI is InChI=1S/C14H23N3O3/c1-3-11-7-12(17(4-2)15-11)9-16-5-6-20-13(10-16)8-14(18)19/h7,13H,3-6,8-10H2,1-2H3,(H,18,19). The second kappa shape index (κ2) is 6.85. The topological polar surface area (TPSA) is 67.6 Å². The predicted molar refractivity (Wildman–Crippen MR) is 74.5 cm³/mol. The largest absolute Gasteiger partial charge is 0.481 e. The van der Waals surface area contributed by atoms with E-state index >= 15 is 0 Å². The maximum atomic E-state index is 10.8. The molecule has 6 heteroatoms. The first-order chi connectivity index (χ1) is 9.62. The number of aliphatic carboxylic acids is 1. The van der Waals surface area contributed by atoms with E-state index in [4.69, 9.17) is 9.84 Å². The molecule has 0 radical (unpaired) electrons. The third-order valence-electron chi connectivity index (χ3n) is 3.59. The van der Waals surface area contributed by atoms with Crippen LogP contribution in [-0.2, 0) is 29.0 Å². The van der Waals surface area contributed by atoms with Crippen molar-refractivity contribution in [2.75, 3.05) is 19.7 Å². The van der Waals surface area contributed by atoms with Crippen LogP contribution in [0.15, 0.2) is 6.07 Å². The molecule has 0 aromatic carbocycles. The van der Waals surface area contributed by atoms with Gasteiger partial charge in [0.1, 0.15) is 0 Å². The van der Waals surface area contributed by atoms with E-state index in [0.717, 1.165) is 31.7 Å². The summed E-state index contributed by atoms with van der Waals surface area (Å²) in [5.74, 6) is -0.802. The van der Waals surface area contributed by atoms with Crippen LogP contribution < -0.4 is 0 Å². The summed E-state index contributed by atoms with van der Waals surface area (Å²) in [5, 5.41) is 13.4. The van der Waals surface area contributed by atoms with Gasteiger partial charge in [0, 0.05) is 26.2 Å². The average molecular weight is 281 g/mol. The normalized spacial score (nSPS) is 20.2. The number of carboxylic acids is 1. The molecular weight excluding hydrogens is 258 g/mol.